The van der Waals surface area contributed by atoms with E-state index < -0.39 is 15.8 Å². The van der Waals surface area contributed by atoms with E-state index in [0.29, 0.717) is 18.1 Å². The molecule has 8 nitrogen and oxygen atoms in total. The highest BCUT2D eigenvalue weighted by Gasteiger charge is 2.33. The zero-order chi connectivity index (χ0) is 15.8. The highest BCUT2D eigenvalue weighted by molar-refractivity contribution is 5.86. The van der Waals surface area contributed by atoms with Crippen LogP contribution in [0.5, 0.6) is 0 Å². The van der Waals surface area contributed by atoms with Gasteiger partial charge in [0, 0.05) is 11.6 Å². The first-order chi connectivity index (χ1) is 9.71. The van der Waals surface area contributed by atoms with Crippen LogP contribution in [0.15, 0.2) is 23.2 Å². The summed E-state index contributed by atoms with van der Waals surface area (Å²) in [5.41, 5.74) is -0.624. The lowest BCUT2D eigenvalue weighted by Gasteiger charge is -2.11. The number of ether oxygens (including phenoxy) is 1. The van der Waals surface area contributed by atoms with Gasteiger partial charge < -0.3 is 4.74 Å². The first kappa shape index (κ1) is 14.9. The fourth-order valence-electron chi connectivity index (χ4n) is 2.14. The molecule has 0 N–H and O–H groups in total. The minimum absolute atomic E-state index is 0.298. The second kappa shape index (κ2) is 5.12. The molecule has 0 aliphatic carbocycles. The first-order valence-electron chi connectivity index (χ1n) is 6.36. The minimum atomic E-state index is -0.659. The molecule has 0 amide bonds. The maximum absolute atomic E-state index is 11.1. The van der Waals surface area contributed by atoms with Crippen molar-refractivity contribution in [2.24, 2.45) is 4.99 Å². The van der Waals surface area contributed by atoms with Gasteiger partial charge in [-0.2, -0.15) is 0 Å². The van der Waals surface area contributed by atoms with Crippen molar-refractivity contribution in [2.45, 2.75) is 32.2 Å². The number of nitro groups is 2. The second-order valence-corrected chi connectivity index (χ2v) is 5.53. The molecule has 1 aliphatic rings. The number of hydrogen-bond donors (Lipinski definition) is 0. The summed E-state index contributed by atoms with van der Waals surface area (Å²) >= 11 is 0. The normalized spacial score (nSPS) is 17.8. The Bertz CT molecular complexity index is 639. The average molecular weight is 293 g/mol. The predicted molar refractivity (Wildman–Crippen MR) is 75.6 cm³/mol. The molecule has 1 unspecified atom stereocenters. The van der Waals surface area contributed by atoms with Gasteiger partial charge in [0.1, 0.15) is 6.61 Å². The molecule has 1 heterocycles. The Kier molecular flexibility index (Phi) is 3.63. The number of nitrogens with zero attached hydrogens (tertiary/aromatic N) is 3. The molecule has 1 aromatic carbocycles. The van der Waals surface area contributed by atoms with Gasteiger partial charge in [-0.15, -0.1) is 0 Å². The lowest BCUT2D eigenvalue weighted by atomic mass is 9.98. The van der Waals surface area contributed by atoms with Crippen LogP contribution >= 0.6 is 0 Å². The highest BCUT2D eigenvalue weighted by atomic mass is 16.6. The van der Waals surface area contributed by atoms with Crippen LogP contribution in [0.25, 0.3) is 0 Å². The maximum Gasteiger partial charge on any atom is 0.280 e. The van der Waals surface area contributed by atoms with Gasteiger partial charge in [-0.05, 0) is 26.8 Å². The van der Waals surface area contributed by atoms with Crippen LogP contribution in [0.1, 0.15) is 32.3 Å². The Morgan fingerprint density at radius 2 is 1.95 bits per heavy atom. The van der Waals surface area contributed by atoms with Crippen LogP contribution in [0.4, 0.5) is 11.4 Å². The van der Waals surface area contributed by atoms with Crippen molar-refractivity contribution < 1.29 is 14.6 Å². The fourth-order valence-corrected chi connectivity index (χ4v) is 2.14. The van der Waals surface area contributed by atoms with Gasteiger partial charge in [0.25, 0.3) is 11.4 Å². The molecule has 1 aliphatic heterocycles. The summed E-state index contributed by atoms with van der Waals surface area (Å²) in [4.78, 5) is 25.0. The average Bonchev–Trinajstić information content (AvgIpc) is 2.77. The standard InChI is InChI=1S/C13H15N3O5/c1-8(12-14-13(2,3)7-21-12)10-5-4-9(15(17)18)6-11(10)16(19)20/h4-6,8H,7H2,1-3H3. The summed E-state index contributed by atoms with van der Waals surface area (Å²) in [5.74, 6) is -0.0232. The molecule has 0 bridgehead atoms. The molecule has 1 aromatic rings. The van der Waals surface area contributed by atoms with Crippen molar-refractivity contribution in [2.75, 3.05) is 6.61 Å². The van der Waals surface area contributed by atoms with Gasteiger partial charge in [0.2, 0.25) is 0 Å². The lowest BCUT2D eigenvalue weighted by Crippen LogP contribution is -2.17. The number of benzene rings is 1. The summed E-state index contributed by atoms with van der Waals surface area (Å²) in [5, 5.41) is 21.9. The quantitative estimate of drug-likeness (QED) is 0.626. The molecule has 0 spiro atoms. The van der Waals surface area contributed by atoms with Crippen LogP contribution in [0.2, 0.25) is 0 Å². The SMILES string of the molecule is CC(C1=NC(C)(C)CO1)c1ccc([N+](=O)[O-])cc1[N+](=O)[O-]. The van der Waals surface area contributed by atoms with Gasteiger partial charge in [0.05, 0.1) is 27.4 Å². The van der Waals surface area contributed by atoms with Crippen molar-refractivity contribution in [3.05, 3.63) is 44.0 Å². The van der Waals surface area contributed by atoms with Gasteiger partial charge in [0.15, 0.2) is 5.90 Å². The largest absolute Gasteiger partial charge is 0.478 e. The molecule has 0 saturated heterocycles. The van der Waals surface area contributed by atoms with E-state index in [2.05, 4.69) is 4.99 Å². The summed E-state index contributed by atoms with van der Waals surface area (Å²) in [6.07, 6.45) is 0. The molecule has 0 saturated carbocycles. The monoisotopic (exact) mass is 293 g/mol. The molecule has 0 radical (unpaired) electrons. The van der Waals surface area contributed by atoms with E-state index in [0.717, 1.165) is 6.07 Å². The molecule has 0 aromatic heterocycles. The molecular formula is C13H15N3O5. The third-order valence-electron chi connectivity index (χ3n) is 3.24. The molecule has 1 atom stereocenters. The number of aliphatic imine (C=N–C) groups is 1. The summed E-state index contributed by atoms with van der Waals surface area (Å²) in [6, 6.07) is 3.60. The van der Waals surface area contributed by atoms with Crippen molar-refractivity contribution in [1.82, 2.24) is 0 Å². The van der Waals surface area contributed by atoms with E-state index >= 15 is 0 Å². The van der Waals surface area contributed by atoms with Gasteiger partial charge >= 0.3 is 0 Å². The third-order valence-corrected chi connectivity index (χ3v) is 3.24. The van der Waals surface area contributed by atoms with Crippen LogP contribution in [-0.2, 0) is 4.74 Å². The number of hydrogen-bond acceptors (Lipinski definition) is 6. The third kappa shape index (κ3) is 2.99. The van der Waals surface area contributed by atoms with Gasteiger partial charge in [-0.25, -0.2) is 4.99 Å². The predicted octanol–water partition coefficient (Wildman–Crippen LogP) is 2.81. The van der Waals surface area contributed by atoms with Crippen LogP contribution in [0, 0.1) is 20.2 Å². The zero-order valence-corrected chi connectivity index (χ0v) is 11.9. The molecule has 8 heteroatoms. The van der Waals surface area contributed by atoms with Crippen molar-refractivity contribution in [1.29, 1.82) is 0 Å². The summed E-state index contributed by atoms with van der Waals surface area (Å²) < 4.78 is 5.49. The molecule has 112 valence electrons. The Hall–Kier alpha value is -2.51. The highest BCUT2D eigenvalue weighted by Crippen LogP contribution is 2.33. The Morgan fingerprint density at radius 3 is 2.43 bits per heavy atom. The van der Waals surface area contributed by atoms with Crippen molar-refractivity contribution in [3.63, 3.8) is 0 Å². The Balaban J connectivity index is 2.44. The van der Waals surface area contributed by atoms with E-state index in [-0.39, 0.29) is 16.9 Å². The van der Waals surface area contributed by atoms with Crippen LogP contribution < -0.4 is 0 Å². The lowest BCUT2D eigenvalue weighted by molar-refractivity contribution is -0.394. The summed E-state index contributed by atoms with van der Waals surface area (Å²) in [7, 11) is 0. The molecule has 0 fully saturated rings. The van der Waals surface area contributed by atoms with Crippen LogP contribution in [-0.4, -0.2) is 27.9 Å². The Morgan fingerprint density at radius 1 is 1.29 bits per heavy atom. The van der Waals surface area contributed by atoms with E-state index in [1.54, 1.807) is 6.92 Å². The van der Waals surface area contributed by atoms with E-state index in [1.165, 1.54) is 12.1 Å². The number of nitro benzene ring substituents is 2. The van der Waals surface area contributed by atoms with Gasteiger partial charge in [-0.3, -0.25) is 20.2 Å². The fraction of sp³-hybridized carbons (Fsp3) is 0.462. The van der Waals surface area contributed by atoms with E-state index in [1.807, 2.05) is 13.8 Å². The second-order valence-electron chi connectivity index (χ2n) is 5.53. The zero-order valence-electron chi connectivity index (χ0n) is 11.9. The first-order valence-corrected chi connectivity index (χ1v) is 6.36. The number of rotatable bonds is 4. The van der Waals surface area contributed by atoms with Crippen LogP contribution in [0.3, 0.4) is 0 Å². The molecule has 21 heavy (non-hydrogen) atoms. The van der Waals surface area contributed by atoms with E-state index in [9.17, 15) is 20.2 Å². The minimum Gasteiger partial charge on any atom is -0.478 e. The summed E-state index contributed by atoms with van der Waals surface area (Å²) in [6.45, 7) is 5.94. The topological polar surface area (TPSA) is 108 Å². The van der Waals surface area contributed by atoms with Gasteiger partial charge in [-0.1, -0.05) is 0 Å². The smallest absolute Gasteiger partial charge is 0.280 e. The molecule has 2 rings (SSSR count). The van der Waals surface area contributed by atoms with Crippen molar-refractivity contribution in [3.8, 4) is 0 Å². The number of non-ortho nitro benzene ring substituents is 1. The van der Waals surface area contributed by atoms with Crippen molar-refractivity contribution >= 4 is 17.3 Å². The van der Waals surface area contributed by atoms with E-state index in [4.69, 9.17) is 4.74 Å². The maximum atomic E-state index is 11.1. The Labute approximate surface area is 120 Å². The molecular weight excluding hydrogens is 278 g/mol.